The van der Waals surface area contributed by atoms with Crippen LogP contribution in [0.3, 0.4) is 0 Å². The number of hydrogen-bond acceptors (Lipinski definition) is 6. The molecule has 6 nitrogen and oxygen atoms in total. The summed E-state index contributed by atoms with van der Waals surface area (Å²) in [5.41, 5.74) is 0. The Hall–Kier alpha value is -1.43. The van der Waals surface area contributed by atoms with Gasteiger partial charge in [0, 0.05) is 32.1 Å². The van der Waals surface area contributed by atoms with Gasteiger partial charge in [0.2, 0.25) is 5.89 Å². The number of piperazine rings is 1. The summed E-state index contributed by atoms with van der Waals surface area (Å²) in [6.45, 7) is 3.83. The van der Waals surface area contributed by atoms with Crippen LogP contribution < -0.4 is 4.90 Å². The van der Waals surface area contributed by atoms with Gasteiger partial charge in [0.15, 0.2) is 0 Å². The van der Waals surface area contributed by atoms with Gasteiger partial charge in [-0.25, -0.2) is 0 Å². The number of nitrogens with zero attached hydrogens (tertiary/aromatic N) is 4. The molecular weight excluding hydrogens is 256 g/mol. The molecule has 0 aromatic carbocycles. The number of hydrogen-bond donors (Lipinski definition) is 0. The van der Waals surface area contributed by atoms with Gasteiger partial charge in [-0.05, 0) is 25.0 Å². The van der Waals surface area contributed by atoms with E-state index < -0.39 is 0 Å². The van der Waals surface area contributed by atoms with Crippen LogP contribution in [-0.2, 0) is 11.2 Å². The molecule has 0 amide bonds. The van der Waals surface area contributed by atoms with Crippen LogP contribution in [0.5, 0.6) is 0 Å². The molecule has 0 unspecified atom stereocenters. The van der Waals surface area contributed by atoms with Crippen molar-refractivity contribution in [2.75, 3.05) is 38.1 Å². The van der Waals surface area contributed by atoms with Gasteiger partial charge in [-0.2, -0.15) is 4.98 Å². The zero-order valence-electron chi connectivity index (χ0n) is 12.0. The molecule has 0 bridgehead atoms. The molecule has 1 aliphatic carbocycles. The molecule has 20 heavy (non-hydrogen) atoms. The molecule has 1 aromatic heterocycles. The number of likely N-dealkylation sites (N-methyl/N-ethyl adjacent to an activating group) is 1. The highest BCUT2D eigenvalue weighted by molar-refractivity contribution is 5.82. The van der Waals surface area contributed by atoms with Gasteiger partial charge >= 0.3 is 0 Å². The minimum atomic E-state index is 0.217. The smallest absolute Gasteiger partial charge is 0.266 e. The highest BCUT2D eigenvalue weighted by Gasteiger charge is 2.25. The van der Waals surface area contributed by atoms with E-state index in [0.717, 1.165) is 39.0 Å². The normalized spacial score (nSPS) is 21.6. The minimum absolute atomic E-state index is 0.217. The van der Waals surface area contributed by atoms with Crippen LogP contribution in [0, 0.1) is 5.92 Å². The third-order valence-electron chi connectivity index (χ3n) is 4.38. The fourth-order valence-electron chi connectivity index (χ4n) is 2.99. The number of rotatable bonds is 4. The van der Waals surface area contributed by atoms with E-state index in [1.165, 1.54) is 12.8 Å². The molecular formula is C14H22N4O2. The lowest BCUT2D eigenvalue weighted by Gasteiger charge is -2.31. The lowest BCUT2D eigenvalue weighted by Crippen LogP contribution is -2.44. The minimum Gasteiger partial charge on any atom is -0.337 e. The highest BCUT2D eigenvalue weighted by atomic mass is 16.5. The molecule has 1 aliphatic heterocycles. The first kappa shape index (κ1) is 13.5. The summed E-state index contributed by atoms with van der Waals surface area (Å²) in [6, 6.07) is 0. The molecule has 0 radical (unpaired) electrons. The van der Waals surface area contributed by atoms with Crippen molar-refractivity contribution in [1.29, 1.82) is 0 Å². The average Bonchev–Trinajstić information content (AvgIpc) is 3.10. The lowest BCUT2D eigenvalue weighted by atomic mass is 10.0. The van der Waals surface area contributed by atoms with Crippen molar-refractivity contribution in [3.05, 3.63) is 5.89 Å². The number of anilines is 1. The maximum Gasteiger partial charge on any atom is 0.266 e. The van der Waals surface area contributed by atoms with Crippen molar-refractivity contribution in [3.63, 3.8) is 0 Å². The van der Waals surface area contributed by atoms with Gasteiger partial charge < -0.3 is 14.3 Å². The number of aromatic nitrogens is 2. The summed E-state index contributed by atoms with van der Waals surface area (Å²) in [4.78, 5) is 20.9. The standard InChI is InChI=1S/C14H22N4O2/c1-17-6-8-18(9-7-17)14-15-13(20-16-14)10-12(19)11-4-2-3-5-11/h11H,2-10H2,1H3. The predicted octanol–water partition coefficient (Wildman–Crippen LogP) is 1.12. The number of carbonyl (C=O) groups is 1. The Morgan fingerprint density at radius 1 is 1.25 bits per heavy atom. The van der Waals surface area contributed by atoms with E-state index >= 15 is 0 Å². The van der Waals surface area contributed by atoms with E-state index in [-0.39, 0.29) is 11.7 Å². The second-order valence-corrected chi connectivity index (χ2v) is 5.90. The van der Waals surface area contributed by atoms with Crippen LogP contribution in [0.25, 0.3) is 0 Å². The van der Waals surface area contributed by atoms with E-state index in [1.54, 1.807) is 0 Å². The van der Waals surface area contributed by atoms with Crippen molar-refractivity contribution in [3.8, 4) is 0 Å². The van der Waals surface area contributed by atoms with Crippen LogP contribution in [0.4, 0.5) is 5.95 Å². The molecule has 2 fully saturated rings. The van der Waals surface area contributed by atoms with Crippen LogP contribution in [0.1, 0.15) is 31.6 Å². The van der Waals surface area contributed by atoms with Crippen molar-refractivity contribution < 1.29 is 9.32 Å². The highest BCUT2D eigenvalue weighted by Crippen LogP contribution is 2.26. The summed E-state index contributed by atoms with van der Waals surface area (Å²) in [7, 11) is 2.11. The van der Waals surface area contributed by atoms with E-state index in [9.17, 15) is 4.79 Å². The molecule has 3 rings (SSSR count). The molecule has 1 aromatic rings. The number of Topliss-reactive ketones (excluding diaryl/α,β-unsaturated/α-hetero) is 1. The Bertz CT molecular complexity index is 459. The monoisotopic (exact) mass is 278 g/mol. The van der Waals surface area contributed by atoms with Crippen LogP contribution in [0.2, 0.25) is 0 Å². The summed E-state index contributed by atoms with van der Waals surface area (Å²) in [5.74, 6) is 1.58. The third-order valence-corrected chi connectivity index (χ3v) is 4.38. The first-order chi connectivity index (χ1) is 9.72. The van der Waals surface area contributed by atoms with Crippen molar-refractivity contribution in [2.24, 2.45) is 5.92 Å². The quantitative estimate of drug-likeness (QED) is 0.822. The van der Waals surface area contributed by atoms with E-state index in [2.05, 4.69) is 27.0 Å². The van der Waals surface area contributed by atoms with Gasteiger partial charge in [0.05, 0.1) is 6.42 Å². The van der Waals surface area contributed by atoms with E-state index in [1.807, 2.05) is 0 Å². The first-order valence-corrected chi connectivity index (χ1v) is 7.51. The molecule has 2 heterocycles. The fraction of sp³-hybridized carbons (Fsp3) is 0.786. The maximum atomic E-state index is 12.1. The second-order valence-electron chi connectivity index (χ2n) is 5.90. The fourth-order valence-corrected chi connectivity index (χ4v) is 2.99. The Labute approximate surface area is 119 Å². The Morgan fingerprint density at radius 2 is 1.95 bits per heavy atom. The average molecular weight is 278 g/mol. The number of ketones is 1. The zero-order chi connectivity index (χ0) is 13.9. The zero-order valence-corrected chi connectivity index (χ0v) is 12.0. The van der Waals surface area contributed by atoms with Gasteiger partial charge in [0.25, 0.3) is 5.95 Å². The van der Waals surface area contributed by atoms with E-state index in [4.69, 9.17) is 4.52 Å². The molecule has 0 spiro atoms. The Balaban J connectivity index is 1.57. The molecule has 6 heteroatoms. The van der Waals surface area contributed by atoms with Gasteiger partial charge in [-0.15, -0.1) is 0 Å². The molecule has 1 saturated heterocycles. The van der Waals surface area contributed by atoms with Crippen LogP contribution in [0.15, 0.2) is 4.52 Å². The molecule has 110 valence electrons. The van der Waals surface area contributed by atoms with Crippen molar-refractivity contribution in [1.82, 2.24) is 15.0 Å². The maximum absolute atomic E-state index is 12.1. The van der Waals surface area contributed by atoms with Gasteiger partial charge in [-0.1, -0.05) is 12.8 Å². The summed E-state index contributed by atoms with van der Waals surface area (Å²) in [6.07, 6.45) is 4.70. The second kappa shape index (κ2) is 5.91. The largest absolute Gasteiger partial charge is 0.337 e. The van der Waals surface area contributed by atoms with Crippen molar-refractivity contribution in [2.45, 2.75) is 32.1 Å². The topological polar surface area (TPSA) is 62.5 Å². The molecule has 0 N–H and O–H groups in total. The summed E-state index contributed by atoms with van der Waals surface area (Å²) in [5, 5.41) is 4.01. The molecule has 2 aliphatic rings. The Morgan fingerprint density at radius 3 is 2.65 bits per heavy atom. The lowest BCUT2D eigenvalue weighted by molar-refractivity contribution is -0.122. The summed E-state index contributed by atoms with van der Waals surface area (Å²) < 4.78 is 5.24. The first-order valence-electron chi connectivity index (χ1n) is 7.51. The van der Waals surface area contributed by atoms with E-state index in [0.29, 0.717) is 18.3 Å². The van der Waals surface area contributed by atoms with Crippen LogP contribution >= 0.6 is 0 Å². The molecule has 0 atom stereocenters. The third kappa shape index (κ3) is 3.00. The number of carbonyl (C=O) groups excluding carboxylic acids is 1. The van der Waals surface area contributed by atoms with Gasteiger partial charge in [0.1, 0.15) is 5.78 Å². The predicted molar refractivity (Wildman–Crippen MR) is 74.7 cm³/mol. The SMILES string of the molecule is CN1CCN(c2noc(CC(=O)C3CCCC3)n2)CC1. The summed E-state index contributed by atoms with van der Waals surface area (Å²) >= 11 is 0. The Kier molecular flexibility index (Phi) is 4.00. The molecule has 1 saturated carbocycles. The van der Waals surface area contributed by atoms with Gasteiger partial charge in [-0.3, -0.25) is 4.79 Å². The van der Waals surface area contributed by atoms with Crippen LogP contribution in [-0.4, -0.2) is 54.1 Å². The van der Waals surface area contributed by atoms with Crippen molar-refractivity contribution >= 4 is 11.7 Å².